The third-order valence-corrected chi connectivity index (χ3v) is 3.33. The maximum atomic E-state index is 12.6. The molecule has 0 spiro atoms. The number of halogens is 1. The molecule has 0 radical (unpaired) electrons. The fourth-order valence-corrected chi connectivity index (χ4v) is 2.08. The second-order valence-corrected chi connectivity index (χ2v) is 5.23. The van der Waals surface area contributed by atoms with E-state index in [2.05, 4.69) is 12.2 Å². The summed E-state index contributed by atoms with van der Waals surface area (Å²) in [5.74, 6) is -0.323. The fraction of sp³-hybridized carbons (Fsp3) is 0.615. The van der Waals surface area contributed by atoms with Crippen LogP contribution in [0.15, 0.2) is 22.6 Å². The van der Waals surface area contributed by atoms with Crippen LogP contribution in [0.1, 0.15) is 46.5 Å². The topological polar surface area (TPSA) is 63.2 Å². The van der Waals surface area contributed by atoms with Gasteiger partial charge >= 0.3 is 10.2 Å². The molecular weight excluding hydrogens is 269 g/mol. The molecule has 0 bridgehead atoms. The normalized spacial score (nSPS) is 14.1. The zero-order chi connectivity index (χ0) is 14.9. The number of unbranched alkanes of at least 4 members (excludes halogenated alkanes) is 2. The van der Waals surface area contributed by atoms with E-state index in [9.17, 15) is 17.1 Å². The molecule has 4 nitrogen and oxygen atoms in total. The van der Waals surface area contributed by atoms with Crippen molar-refractivity contribution in [3.63, 3.8) is 0 Å². The SMILES string of the molecule is CC.CCCCCNC(=O)C1=CC(S(=O)(=O)F)=CC1. The van der Waals surface area contributed by atoms with Gasteiger partial charge in [0.2, 0.25) is 5.91 Å². The molecule has 0 saturated carbocycles. The number of carbonyl (C=O) groups excluding carboxylic acids is 1. The molecule has 0 heterocycles. The van der Waals surface area contributed by atoms with Crippen LogP contribution in [0.2, 0.25) is 0 Å². The molecular formula is C13H22FNO3S. The lowest BCUT2D eigenvalue weighted by Crippen LogP contribution is -2.25. The summed E-state index contributed by atoms with van der Waals surface area (Å²) in [6.45, 7) is 6.62. The Morgan fingerprint density at radius 1 is 1.37 bits per heavy atom. The van der Waals surface area contributed by atoms with Crippen LogP contribution in [-0.4, -0.2) is 20.9 Å². The molecule has 0 saturated heterocycles. The van der Waals surface area contributed by atoms with Crippen LogP contribution in [0.4, 0.5) is 3.89 Å². The molecule has 0 aliphatic heterocycles. The molecule has 1 aliphatic rings. The third-order valence-electron chi connectivity index (χ3n) is 2.48. The Balaban J connectivity index is 0.00000154. The van der Waals surface area contributed by atoms with Gasteiger partial charge in [0, 0.05) is 12.1 Å². The van der Waals surface area contributed by atoms with Crippen LogP contribution in [0, 0.1) is 0 Å². The summed E-state index contributed by atoms with van der Waals surface area (Å²) in [5, 5.41) is 2.67. The van der Waals surface area contributed by atoms with Gasteiger partial charge in [-0.15, -0.1) is 3.89 Å². The second-order valence-electron chi connectivity index (χ2n) is 3.88. The zero-order valence-corrected chi connectivity index (χ0v) is 12.5. The summed E-state index contributed by atoms with van der Waals surface area (Å²) in [6.07, 6.45) is 5.43. The Morgan fingerprint density at radius 2 is 2.00 bits per heavy atom. The van der Waals surface area contributed by atoms with E-state index in [0.29, 0.717) is 6.54 Å². The summed E-state index contributed by atoms with van der Waals surface area (Å²) in [5.41, 5.74) is 0.290. The minimum atomic E-state index is -4.69. The Kier molecular flexibility index (Phi) is 8.30. The molecule has 0 aromatic carbocycles. The van der Waals surface area contributed by atoms with E-state index in [0.717, 1.165) is 25.3 Å². The first-order valence-corrected chi connectivity index (χ1v) is 7.97. The predicted octanol–water partition coefficient (Wildman–Crippen LogP) is 2.83. The van der Waals surface area contributed by atoms with E-state index >= 15 is 0 Å². The van der Waals surface area contributed by atoms with Crippen molar-refractivity contribution < 1.29 is 17.1 Å². The molecule has 1 amide bonds. The quantitative estimate of drug-likeness (QED) is 0.604. The predicted molar refractivity (Wildman–Crippen MR) is 74.7 cm³/mol. The maximum absolute atomic E-state index is 12.6. The standard InChI is InChI=1S/C11H16FNO3S.C2H6/c1-2-3-4-7-13-11(14)9-5-6-10(8-9)17(12,15)16;1-2/h6,8H,2-5,7H2,1H3,(H,13,14);1-2H3. The first-order valence-electron chi connectivity index (χ1n) is 6.58. The van der Waals surface area contributed by atoms with E-state index in [1.807, 2.05) is 13.8 Å². The van der Waals surface area contributed by atoms with Crippen molar-refractivity contribution in [3.05, 3.63) is 22.6 Å². The molecule has 0 aromatic heterocycles. The average Bonchev–Trinajstić information content (AvgIpc) is 2.86. The van der Waals surface area contributed by atoms with E-state index in [-0.39, 0.29) is 17.9 Å². The maximum Gasteiger partial charge on any atom is 0.331 e. The molecule has 1 rings (SSSR count). The highest BCUT2D eigenvalue weighted by atomic mass is 32.3. The van der Waals surface area contributed by atoms with Gasteiger partial charge in [0.15, 0.2) is 0 Å². The highest BCUT2D eigenvalue weighted by Gasteiger charge is 2.21. The van der Waals surface area contributed by atoms with Gasteiger partial charge in [-0.05, 0) is 18.9 Å². The van der Waals surface area contributed by atoms with Crippen molar-refractivity contribution in [3.8, 4) is 0 Å². The molecule has 1 N–H and O–H groups in total. The van der Waals surface area contributed by atoms with Gasteiger partial charge in [-0.1, -0.05) is 39.7 Å². The van der Waals surface area contributed by atoms with Gasteiger partial charge in [-0.25, -0.2) is 0 Å². The highest BCUT2D eigenvalue weighted by molar-refractivity contribution is 7.90. The fourth-order valence-electron chi connectivity index (χ4n) is 1.52. The minimum absolute atomic E-state index is 0.165. The van der Waals surface area contributed by atoms with Crippen molar-refractivity contribution in [2.75, 3.05) is 6.54 Å². The molecule has 110 valence electrons. The lowest BCUT2D eigenvalue weighted by atomic mass is 10.2. The first kappa shape index (κ1) is 17.8. The molecule has 6 heteroatoms. The van der Waals surface area contributed by atoms with Gasteiger partial charge in [0.1, 0.15) is 0 Å². The summed E-state index contributed by atoms with van der Waals surface area (Å²) in [6, 6.07) is 0. The van der Waals surface area contributed by atoms with Gasteiger partial charge in [-0.2, -0.15) is 8.42 Å². The minimum Gasteiger partial charge on any atom is -0.352 e. The molecule has 1 aliphatic carbocycles. The van der Waals surface area contributed by atoms with Gasteiger partial charge < -0.3 is 5.32 Å². The number of amides is 1. The summed E-state index contributed by atoms with van der Waals surface area (Å²) < 4.78 is 33.8. The van der Waals surface area contributed by atoms with Crippen LogP contribution >= 0.6 is 0 Å². The number of carbonyl (C=O) groups is 1. The Bertz CT molecular complexity index is 453. The van der Waals surface area contributed by atoms with Crippen LogP contribution < -0.4 is 5.32 Å². The summed E-state index contributed by atoms with van der Waals surface area (Å²) in [4.78, 5) is 11.1. The van der Waals surface area contributed by atoms with Crippen LogP contribution in [-0.2, 0) is 15.0 Å². The number of rotatable bonds is 6. The lowest BCUT2D eigenvalue weighted by Gasteiger charge is -2.04. The van der Waals surface area contributed by atoms with Crippen LogP contribution in [0.3, 0.4) is 0 Å². The number of hydrogen-bond donors (Lipinski definition) is 1. The largest absolute Gasteiger partial charge is 0.352 e. The Labute approximate surface area is 115 Å². The van der Waals surface area contributed by atoms with Crippen molar-refractivity contribution >= 4 is 16.1 Å². The molecule has 0 unspecified atom stereocenters. The third kappa shape index (κ3) is 6.52. The zero-order valence-electron chi connectivity index (χ0n) is 11.7. The smallest absolute Gasteiger partial charge is 0.331 e. The summed E-state index contributed by atoms with van der Waals surface area (Å²) >= 11 is 0. The molecule has 0 fully saturated rings. The number of nitrogens with one attached hydrogen (secondary N) is 1. The highest BCUT2D eigenvalue weighted by Crippen LogP contribution is 2.23. The van der Waals surface area contributed by atoms with E-state index < -0.39 is 15.1 Å². The van der Waals surface area contributed by atoms with Gasteiger partial charge in [0.25, 0.3) is 0 Å². The Hall–Kier alpha value is -1.17. The van der Waals surface area contributed by atoms with Crippen LogP contribution in [0.25, 0.3) is 0 Å². The van der Waals surface area contributed by atoms with Crippen molar-refractivity contribution in [1.29, 1.82) is 0 Å². The van der Waals surface area contributed by atoms with Crippen molar-refractivity contribution in [1.82, 2.24) is 5.32 Å². The molecule has 0 atom stereocenters. The van der Waals surface area contributed by atoms with E-state index in [1.54, 1.807) is 0 Å². The van der Waals surface area contributed by atoms with Gasteiger partial charge in [0.05, 0.1) is 4.91 Å². The molecule has 19 heavy (non-hydrogen) atoms. The van der Waals surface area contributed by atoms with Gasteiger partial charge in [-0.3, -0.25) is 4.79 Å². The average molecular weight is 291 g/mol. The first-order chi connectivity index (χ1) is 8.95. The second kappa shape index (κ2) is 8.85. The van der Waals surface area contributed by atoms with Crippen molar-refractivity contribution in [2.45, 2.75) is 46.5 Å². The molecule has 0 aromatic rings. The van der Waals surface area contributed by atoms with Crippen molar-refractivity contribution in [2.24, 2.45) is 0 Å². The summed E-state index contributed by atoms with van der Waals surface area (Å²) in [7, 11) is -4.69. The number of hydrogen-bond acceptors (Lipinski definition) is 3. The lowest BCUT2D eigenvalue weighted by molar-refractivity contribution is -0.117. The van der Waals surface area contributed by atoms with Crippen LogP contribution in [0.5, 0.6) is 0 Å². The Morgan fingerprint density at radius 3 is 2.47 bits per heavy atom. The van der Waals surface area contributed by atoms with E-state index in [1.165, 1.54) is 6.08 Å². The number of allylic oxidation sites excluding steroid dienone is 2. The monoisotopic (exact) mass is 291 g/mol. The van der Waals surface area contributed by atoms with E-state index in [4.69, 9.17) is 0 Å².